The summed E-state index contributed by atoms with van der Waals surface area (Å²) < 4.78 is 6.40. The number of thiocarbonyl (C=S) groups is 1. The second-order valence-corrected chi connectivity index (χ2v) is 9.43. The fourth-order valence-electron chi connectivity index (χ4n) is 4.38. The Morgan fingerprint density at radius 3 is 2.64 bits per heavy atom. The minimum atomic E-state index is -0.274. The van der Waals surface area contributed by atoms with Gasteiger partial charge in [-0.25, -0.2) is 0 Å². The average Bonchev–Trinajstić information content (AvgIpc) is 3.51. The van der Waals surface area contributed by atoms with Gasteiger partial charge in [0.15, 0.2) is 5.11 Å². The first kappa shape index (κ1) is 24.0. The molecule has 1 saturated heterocycles. The largest absolute Gasteiger partial charge is 0.459 e. The van der Waals surface area contributed by atoms with Crippen LogP contribution in [0.25, 0.3) is 11.3 Å². The number of pyridine rings is 1. The number of aromatic nitrogens is 1. The van der Waals surface area contributed by atoms with Crippen LogP contribution in [0.1, 0.15) is 42.4 Å². The molecule has 1 aliphatic rings. The molecule has 2 N–H and O–H groups in total. The Labute approximate surface area is 220 Å². The van der Waals surface area contributed by atoms with E-state index in [0.717, 1.165) is 39.7 Å². The van der Waals surface area contributed by atoms with Crippen LogP contribution in [-0.4, -0.2) is 16.0 Å². The number of furan rings is 1. The minimum Gasteiger partial charge on any atom is -0.459 e. The number of nitrogens with zero attached hydrogens (tertiary/aromatic N) is 2. The second-order valence-electron chi connectivity index (χ2n) is 8.61. The van der Waals surface area contributed by atoms with E-state index in [1.54, 1.807) is 6.20 Å². The molecule has 0 saturated carbocycles. The lowest BCUT2D eigenvalue weighted by Crippen LogP contribution is -2.29. The lowest BCUT2D eigenvalue weighted by atomic mass is 10.0. The quantitative estimate of drug-likeness (QED) is 0.274. The number of nitrogens with one attached hydrogen (secondary N) is 2. The number of anilines is 2. The standard InChI is InChI=1S/C28H25ClN4O2S/c1-3-25(34)31-21-12-11-20(16-17(21)2)33-27(26(32-28(33)36)22-6-4-5-15-30-22)24-14-13-23(35-24)18-7-9-19(29)10-8-18/h4-16,26-27H,3H2,1-2H3,(H,31,34)(H,32,36)/t26-,27+/m0/s1. The molecule has 2 aromatic heterocycles. The van der Waals surface area contributed by atoms with Crippen molar-refractivity contribution in [2.24, 2.45) is 0 Å². The zero-order chi connectivity index (χ0) is 25.2. The van der Waals surface area contributed by atoms with Crippen molar-refractivity contribution in [3.63, 3.8) is 0 Å². The molecule has 6 nitrogen and oxygen atoms in total. The van der Waals surface area contributed by atoms with Crippen molar-refractivity contribution in [3.05, 3.63) is 101 Å². The summed E-state index contributed by atoms with van der Waals surface area (Å²) in [4.78, 5) is 18.6. The third-order valence-corrected chi connectivity index (χ3v) is 6.80. The SMILES string of the molecule is CCC(=O)Nc1ccc(N2C(=S)N[C@@H](c3ccccn3)[C@H]2c2ccc(-c3ccc(Cl)cc3)o2)cc1C. The highest BCUT2D eigenvalue weighted by Crippen LogP contribution is 2.43. The summed E-state index contributed by atoms with van der Waals surface area (Å²) in [5.41, 5.74) is 4.42. The summed E-state index contributed by atoms with van der Waals surface area (Å²) in [7, 11) is 0. The van der Waals surface area contributed by atoms with Gasteiger partial charge < -0.3 is 20.0 Å². The maximum atomic E-state index is 11.9. The van der Waals surface area contributed by atoms with Gasteiger partial charge in [-0.2, -0.15) is 0 Å². The van der Waals surface area contributed by atoms with Gasteiger partial charge in [-0.3, -0.25) is 9.78 Å². The molecular formula is C28H25ClN4O2S. The molecule has 1 amide bonds. The molecule has 2 aromatic carbocycles. The number of hydrogen-bond acceptors (Lipinski definition) is 4. The van der Waals surface area contributed by atoms with E-state index in [0.29, 0.717) is 16.6 Å². The topological polar surface area (TPSA) is 70.4 Å². The minimum absolute atomic E-state index is 0.0254. The highest BCUT2D eigenvalue weighted by Gasteiger charge is 2.42. The normalized spacial score (nSPS) is 17.2. The predicted molar refractivity (Wildman–Crippen MR) is 147 cm³/mol. The smallest absolute Gasteiger partial charge is 0.224 e. The molecule has 1 aliphatic heterocycles. The molecule has 1 fully saturated rings. The fourth-order valence-corrected chi connectivity index (χ4v) is 4.85. The van der Waals surface area contributed by atoms with Crippen LogP contribution in [0.5, 0.6) is 0 Å². The maximum Gasteiger partial charge on any atom is 0.224 e. The van der Waals surface area contributed by atoms with E-state index >= 15 is 0 Å². The zero-order valence-corrected chi connectivity index (χ0v) is 21.4. The van der Waals surface area contributed by atoms with Crippen molar-refractivity contribution in [2.45, 2.75) is 32.4 Å². The molecule has 0 radical (unpaired) electrons. The van der Waals surface area contributed by atoms with Crippen LogP contribution in [0.2, 0.25) is 5.02 Å². The Hall–Kier alpha value is -3.68. The van der Waals surface area contributed by atoms with Gasteiger partial charge in [0.2, 0.25) is 5.91 Å². The summed E-state index contributed by atoms with van der Waals surface area (Å²) in [6, 6.07) is 22.7. The summed E-state index contributed by atoms with van der Waals surface area (Å²) in [6.07, 6.45) is 2.19. The van der Waals surface area contributed by atoms with Gasteiger partial charge in [0.05, 0.1) is 11.7 Å². The Morgan fingerprint density at radius 1 is 1.14 bits per heavy atom. The number of carbonyl (C=O) groups excluding carboxylic acids is 1. The number of carbonyl (C=O) groups is 1. The maximum absolute atomic E-state index is 11.9. The van der Waals surface area contributed by atoms with Crippen molar-refractivity contribution in [2.75, 3.05) is 10.2 Å². The molecule has 0 unspecified atom stereocenters. The molecule has 36 heavy (non-hydrogen) atoms. The number of halogens is 1. The van der Waals surface area contributed by atoms with Crippen LogP contribution in [0.15, 0.2) is 83.4 Å². The summed E-state index contributed by atoms with van der Waals surface area (Å²) in [6.45, 7) is 3.80. The first-order valence-electron chi connectivity index (χ1n) is 11.7. The summed E-state index contributed by atoms with van der Waals surface area (Å²) in [5.74, 6) is 1.47. The van der Waals surface area contributed by atoms with Crippen molar-refractivity contribution in [1.82, 2.24) is 10.3 Å². The lowest BCUT2D eigenvalue weighted by molar-refractivity contribution is -0.115. The van der Waals surface area contributed by atoms with Crippen LogP contribution in [-0.2, 0) is 4.79 Å². The lowest BCUT2D eigenvalue weighted by Gasteiger charge is -2.26. The molecule has 0 aliphatic carbocycles. The van der Waals surface area contributed by atoms with Crippen molar-refractivity contribution in [1.29, 1.82) is 0 Å². The van der Waals surface area contributed by atoms with Gasteiger partial charge in [-0.15, -0.1) is 0 Å². The average molecular weight is 517 g/mol. The van der Waals surface area contributed by atoms with E-state index in [-0.39, 0.29) is 18.0 Å². The van der Waals surface area contributed by atoms with Gasteiger partial charge in [0, 0.05) is 34.6 Å². The molecule has 2 atom stereocenters. The van der Waals surface area contributed by atoms with Crippen molar-refractivity contribution in [3.8, 4) is 11.3 Å². The van der Waals surface area contributed by atoms with Gasteiger partial charge in [-0.1, -0.05) is 24.6 Å². The van der Waals surface area contributed by atoms with Crippen molar-refractivity contribution < 1.29 is 9.21 Å². The number of amides is 1. The van der Waals surface area contributed by atoms with E-state index in [4.69, 9.17) is 28.2 Å². The number of hydrogen-bond donors (Lipinski definition) is 2. The van der Waals surface area contributed by atoms with Crippen LogP contribution in [0, 0.1) is 6.92 Å². The molecular weight excluding hydrogens is 492 g/mol. The molecule has 5 rings (SSSR count). The predicted octanol–water partition coefficient (Wildman–Crippen LogP) is 6.83. The Kier molecular flexibility index (Phi) is 6.76. The molecule has 0 bridgehead atoms. The van der Waals surface area contributed by atoms with Crippen molar-refractivity contribution >= 4 is 46.2 Å². The van der Waals surface area contributed by atoms with E-state index in [1.807, 2.05) is 86.6 Å². The van der Waals surface area contributed by atoms with E-state index in [1.165, 1.54) is 0 Å². The number of rotatable bonds is 6. The van der Waals surface area contributed by atoms with Crippen LogP contribution in [0.4, 0.5) is 11.4 Å². The second kappa shape index (κ2) is 10.1. The van der Waals surface area contributed by atoms with Crippen LogP contribution >= 0.6 is 23.8 Å². The third-order valence-electron chi connectivity index (χ3n) is 6.23. The van der Waals surface area contributed by atoms with Crippen LogP contribution < -0.4 is 15.5 Å². The Balaban J connectivity index is 1.55. The zero-order valence-electron chi connectivity index (χ0n) is 19.9. The first-order chi connectivity index (χ1) is 17.4. The van der Waals surface area contributed by atoms with E-state index < -0.39 is 0 Å². The Morgan fingerprint density at radius 2 is 1.94 bits per heavy atom. The number of benzene rings is 2. The molecule has 182 valence electrons. The van der Waals surface area contributed by atoms with Crippen LogP contribution in [0.3, 0.4) is 0 Å². The van der Waals surface area contributed by atoms with Gasteiger partial charge in [0.25, 0.3) is 0 Å². The molecule has 4 aromatic rings. The summed E-state index contributed by atoms with van der Waals surface area (Å²) in [5, 5.41) is 7.64. The third kappa shape index (κ3) is 4.72. The highest BCUT2D eigenvalue weighted by molar-refractivity contribution is 7.80. The molecule has 3 heterocycles. The van der Waals surface area contributed by atoms with Gasteiger partial charge in [-0.05, 0) is 91.4 Å². The molecule has 0 spiro atoms. The number of aryl methyl sites for hydroxylation is 1. The Bertz CT molecular complexity index is 1400. The van der Waals surface area contributed by atoms with E-state index in [2.05, 4.69) is 20.5 Å². The monoisotopic (exact) mass is 516 g/mol. The van der Waals surface area contributed by atoms with Gasteiger partial charge in [0.1, 0.15) is 17.6 Å². The molecule has 8 heteroatoms. The highest BCUT2D eigenvalue weighted by atomic mass is 35.5. The van der Waals surface area contributed by atoms with E-state index in [9.17, 15) is 4.79 Å². The fraction of sp³-hybridized carbons (Fsp3) is 0.179. The summed E-state index contributed by atoms with van der Waals surface area (Å²) >= 11 is 11.9. The van der Waals surface area contributed by atoms with Gasteiger partial charge >= 0.3 is 0 Å². The first-order valence-corrected chi connectivity index (χ1v) is 12.5.